The zero-order chi connectivity index (χ0) is 10.1. The Hall–Kier alpha value is -0.960. The zero-order valence-electron chi connectivity index (χ0n) is 8.41. The fourth-order valence-corrected chi connectivity index (χ4v) is 2.57. The number of benzene rings is 1. The van der Waals surface area contributed by atoms with E-state index in [1.807, 2.05) is 14.0 Å². The van der Waals surface area contributed by atoms with Crippen LogP contribution in [0.4, 0.5) is 5.69 Å². The van der Waals surface area contributed by atoms with E-state index in [9.17, 15) is 4.79 Å². The highest BCUT2D eigenvalue weighted by Crippen LogP contribution is 2.33. The summed E-state index contributed by atoms with van der Waals surface area (Å²) in [6, 6.07) is 6.27. The normalized spacial score (nSPS) is 16.4. The Morgan fingerprint density at radius 2 is 2.21 bits per heavy atom. The van der Waals surface area contributed by atoms with Crippen molar-refractivity contribution in [1.29, 1.82) is 0 Å². The quantitative estimate of drug-likeness (QED) is 0.651. The second-order valence-corrected chi connectivity index (χ2v) is 4.66. The fourth-order valence-electron chi connectivity index (χ4n) is 1.56. The van der Waals surface area contributed by atoms with E-state index < -0.39 is 0 Å². The minimum absolute atomic E-state index is 0.210. The maximum Gasteiger partial charge on any atom is 0.227 e. The molecule has 1 amide bonds. The Labute approximate surface area is 88.3 Å². The Bertz CT molecular complexity index is 376. The largest absolute Gasteiger partial charge is 0.314 e. The summed E-state index contributed by atoms with van der Waals surface area (Å²) in [4.78, 5) is 14.6. The number of nitrogens with zero attached hydrogens (tertiary/aromatic N) is 1. The molecule has 0 N–H and O–H groups in total. The number of rotatable bonds is 0. The average Bonchev–Trinajstić information content (AvgIpc) is 2.30. The van der Waals surface area contributed by atoms with E-state index in [4.69, 9.17) is 0 Å². The van der Waals surface area contributed by atoms with Crippen molar-refractivity contribution < 1.29 is 4.79 Å². The molecule has 0 aromatic heterocycles. The third-order valence-electron chi connectivity index (χ3n) is 2.42. The number of fused-ring (bicyclic) bond motifs is 1. The second-order valence-electron chi connectivity index (χ2n) is 3.52. The van der Waals surface area contributed by atoms with Crippen molar-refractivity contribution in [2.75, 3.05) is 17.7 Å². The van der Waals surface area contributed by atoms with Crippen LogP contribution in [0.15, 0.2) is 23.1 Å². The number of hydrogen-bond donors (Lipinski definition) is 0. The van der Waals surface area contributed by atoms with E-state index in [0.29, 0.717) is 6.42 Å². The highest BCUT2D eigenvalue weighted by Gasteiger charge is 2.18. The summed E-state index contributed by atoms with van der Waals surface area (Å²) in [7, 11) is 1.85. The lowest BCUT2D eigenvalue weighted by atomic mass is 10.2. The Balaban J connectivity index is 2.49. The van der Waals surface area contributed by atoms with Gasteiger partial charge in [-0.3, -0.25) is 4.79 Å². The van der Waals surface area contributed by atoms with Gasteiger partial charge in [0.15, 0.2) is 0 Å². The summed E-state index contributed by atoms with van der Waals surface area (Å²) in [5.74, 6) is 1.10. The number of anilines is 1. The third kappa shape index (κ3) is 1.64. The van der Waals surface area contributed by atoms with Crippen LogP contribution >= 0.6 is 11.8 Å². The molecule has 1 aliphatic heterocycles. The number of carbonyl (C=O) groups is 1. The lowest BCUT2D eigenvalue weighted by molar-refractivity contribution is -0.117. The van der Waals surface area contributed by atoms with E-state index in [-0.39, 0.29) is 5.91 Å². The van der Waals surface area contributed by atoms with Crippen LogP contribution in [0.3, 0.4) is 0 Å². The van der Waals surface area contributed by atoms with Gasteiger partial charge in [0, 0.05) is 24.1 Å². The van der Waals surface area contributed by atoms with Crippen molar-refractivity contribution in [3.8, 4) is 0 Å². The number of thioether (sulfide) groups is 1. The van der Waals surface area contributed by atoms with Crippen LogP contribution < -0.4 is 4.90 Å². The molecule has 74 valence electrons. The van der Waals surface area contributed by atoms with Gasteiger partial charge in [0.25, 0.3) is 0 Å². The molecule has 2 nitrogen and oxygen atoms in total. The second kappa shape index (κ2) is 3.65. The first-order valence-corrected chi connectivity index (χ1v) is 5.67. The molecule has 2 rings (SSSR count). The maximum atomic E-state index is 11.6. The van der Waals surface area contributed by atoms with Gasteiger partial charge in [0.2, 0.25) is 5.91 Å². The standard InChI is InChI=1S/C11H13NOS/c1-8-3-4-10-9(7-8)12(2)11(13)5-6-14-10/h3-4,7H,5-6H2,1-2H3. The maximum absolute atomic E-state index is 11.6. The molecule has 0 aliphatic carbocycles. The smallest absolute Gasteiger partial charge is 0.227 e. The lowest BCUT2D eigenvalue weighted by Crippen LogP contribution is -2.25. The first kappa shape index (κ1) is 9.59. The van der Waals surface area contributed by atoms with E-state index in [0.717, 1.165) is 11.4 Å². The highest BCUT2D eigenvalue weighted by atomic mass is 32.2. The lowest BCUT2D eigenvalue weighted by Gasteiger charge is -2.17. The molecule has 1 aliphatic rings. The Morgan fingerprint density at radius 1 is 1.43 bits per heavy atom. The summed E-state index contributed by atoms with van der Waals surface area (Å²) in [5.41, 5.74) is 2.25. The summed E-state index contributed by atoms with van der Waals surface area (Å²) in [6.45, 7) is 2.05. The van der Waals surface area contributed by atoms with Crippen LogP contribution in [-0.4, -0.2) is 18.7 Å². The van der Waals surface area contributed by atoms with Gasteiger partial charge in [-0.15, -0.1) is 11.8 Å². The summed E-state index contributed by atoms with van der Waals surface area (Å²) < 4.78 is 0. The van der Waals surface area contributed by atoms with E-state index in [1.165, 1.54) is 10.5 Å². The van der Waals surface area contributed by atoms with Crippen LogP contribution in [0.25, 0.3) is 0 Å². The number of hydrogen-bond acceptors (Lipinski definition) is 2. The minimum Gasteiger partial charge on any atom is -0.314 e. The van der Waals surface area contributed by atoms with Gasteiger partial charge in [-0.25, -0.2) is 0 Å². The van der Waals surface area contributed by atoms with Crippen LogP contribution in [0.5, 0.6) is 0 Å². The molecule has 1 aromatic rings. The van der Waals surface area contributed by atoms with Gasteiger partial charge in [-0.05, 0) is 24.6 Å². The molecule has 1 aromatic carbocycles. The summed E-state index contributed by atoms with van der Waals surface area (Å²) >= 11 is 1.76. The van der Waals surface area contributed by atoms with Gasteiger partial charge < -0.3 is 4.90 Å². The van der Waals surface area contributed by atoms with E-state index in [1.54, 1.807) is 16.7 Å². The van der Waals surface area contributed by atoms with E-state index >= 15 is 0 Å². The molecule has 0 spiro atoms. The molecular formula is C11H13NOS. The monoisotopic (exact) mass is 207 g/mol. The summed E-state index contributed by atoms with van der Waals surface area (Å²) in [5, 5.41) is 0. The Kier molecular flexibility index (Phi) is 2.50. The van der Waals surface area contributed by atoms with Crippen molar-refractivity contribution in [2.24, 2.45) is 0 Å². The fraction of sp³-hybridized carbons (Fsp3) is 0.364. The molecule has 0 atom stereocenters. The zero-order valence-corrected chi connectivity index (χ0v) is 9.23. The third-order valence-corrected chi connectivity index (χ3v) is 3.49. The first-order chi connectivity index (χ1) is 6.68. The number of amides is 1. The van der Waals surface area contributed by atoms with Crippen molar-refractivity contribution in [3.05, 3.63) is 23.8 Å². The predicted molar refractivity (Wildman–Crippen MR) is 59.9 cm³/mol. The van der Waals surface area contributed by atoms with Gasteiger partial charge in [0.1, 0.15) is 0 Å². The molecule has 0 radical (unpaired) electrons. The predicted octanol–water partition coefficient (Wildman–Crippen LogP) is 2.45. The first-order valence-electron chi connectivity index (χ1n) is 4.68. The molecule has 0 bridgehead atoms. The molecule has 0 saturated heterocycles. The number of aryl methyl sites for hydroxylation is 1. The molecular weight excluding hydrogens is 194 g/mol. The van der Waals surface area contributed by atoms with Gasteiger partial charge >= 0.3 is 0 Å². The van der Waals surface area contributed by atoms with Crippen molar-refractivity contribution in [1.82, 2.24) is 0 Å². The van der Waals surface area contributed by atoms with Crippen LogP contribution in [0, 0.1) is 6.92 Å². The van der Waals surface area contributed by atoms with Crippen molar-refractivity contribution in [2.45, 2.75) is 18.2 Å². The molecule has 14 heavy (non-hydrogen) atoms. The molecule has 0 unspecified atom stereocenters. The molecule has 1 heterocycles. The highest BCUT2D eigenvalue weighted by molar-refractivity contribution is 7.99. The molecule has 0 saturated carbocycles. The van der Waals surface area contributed by atoms with E-state index in [2.05, 4.69) is 18.2 Å². The van der Waals surface area contributed by atoms with Gasteiger partial charge in [0.05, 0.1) is 5.69 Å². The van der Waals surface area contributed by atoms with Crippen LogP contribution in [-0.2, 0) is 4.79 Å². The minimum atomic E-state index is 0.210. The molecule has 0 fully saturated rings. The topological polar surface area (TPSA) is 20.3 Å². The van der Waals surface area contributed by atoms with Gasteiger partial charge in [-0.2, -0.15) is 0 Å². The van der Waals surface area contributed by atoms with Crippen molar-refractivity contribution >= 4 is 23.4 Å². The summed E-state index contributed by atoms with van der Waals surface area (Å²) in [6.07, 6.45) is 0.634. The molecule has 3 heteroatoms. The van der Waals surface area contributed by atoms with Crippen LogP contribution in [0.2, 0.25) is 0 Å². The average molecular weight is 207 g/mol. The Morgan fingerprint density at radius 3 is 3.00 bits per heavy atom. The van der Waals surface area contributed by atoms with Crippen LogP contribution in [0.1, 0.15) is 12.0 Å². The number of carbonyl (C=O) groups excluding carboxylic acids is 1. The van der Waals surface area contributed by atoms with Crippen molar-refractivity contribution in [3.63, 3.8) is 0 Å². The SMILES string of the molecule is Cc1ccc2c(c1)N(C)C(=O)CCS2. The van der Waals surface area contributed by atoms with Gasteiger partial charge in [-0.1, -0.05) is 6.07 Å².